The van der Waals surface area contributed by atoms with E-state index < -0.39 is 23.6 Å². The molecule has 0 aromatic heterocycles. The predicted octanol–water partition coefficient (Wildman–Crippen LogP) is 3.18. The molecule has 0 radical (unpaired) electrons. The van der Waals surface area contributed by atoms with Gasteiger partial charge in [-0.3, -0.25) is 5.32 Å². The molecular formula is C14H14F4N2O. The molecule has 1 heterocycles. The number of ether oxygens (including phenoxy) is 1. The molecule has 1 fully saturated rings. The molecule has 1 aromatic carbocycles. The molecule has 0 amide bonds. The van der Waals surface area contributed by atoms with Crippen molar-refractivity contribution in [1.29, 1.82) is 5.26 Å². The van der Waals surface area contributed by atoms with Crippen LogP contribution in [0, 0.1) is 17.1 Å². The number of benzene rings is 1. The lowest BCUT2D eigenvalue weighted by Gasteiger charge is -2.17. The van der Waals surface area contributed by atoms with E-state index >= 15 is 0 Å². The molecule has 0 saturated carbocycles. The van der Waals surface area contributed by atoms with E-state index in [9.17, 15) is 17.6 Å². The molecule has 0 spiro atoms. The van der Waals surface area contributed by atoms with Crippen LogP contribution in [-0.2, 0) is 10.9 Å². The van der Waals surface area contributed by atoms with E-state index in [-0.39, 0.29) is 11.7 Å². The summed E-state index contributed by atoms with van der Waals surface area (Å²) in [5, 5.41) is 11.9. The van der Waals surface area contributed by atoms with Crippen molar-refractivity contribution in [2.45, 2.75) is 31.2 Å². The van der Waals surface area contributed by atoms with Crippen LogP contribution in [-0.4, -0.2) is 19.3 Å². The maximum Gasteiger partial charge on any atom is 0.419 e. The van der Waals surface area contributed by atoms with Crippen molar-refractivity contribution >= 4 is 0 Å². The first-order chi connectivity index (χ1) is 9.91. The first-order valence-corrected chi connectivity index (χ1v) is 6.53. The fourth-order valence-corrected chi connectivity index (χ4v) is 2.23. The molecule has 1 saturated heterocycles. The molecule has 1 aromatic rings. The average Bonchev–Trinajstić information content (AvgIpc) is 2.93. The van der Waals surface area contributed by atoms with Crippen LogP contribution in [0.5, 0.6) is 0 Å². The van der Waals surface area contributed by atoms with Gasteiger partial charge in [0, 0.05) is 13.2 Å². The fourth-order valence-electron chi connectivity index (χ4n) is 2.23. The van der Waals surface area contributed by atoms with Gasteiger partial charge >= 0.3 is 6.18 Å². The summed E-state index contributed by atoms with van der Waals surface area (Å²) in [6, 6.07) is 3.54. The summed E-state index contributed by atoms with van der Waals surface area (Å²) < 4.78 is 56.6. The van der Waals surface area contributed by atoms with Gasteiger partial charge in [-0.15, -0.1) is 0 Å². The number of nitriles is 1. The monoisotopic (exact) mass is 302 g/mol. The Kier molecular flexibility index (Phi) is 4.80. The van der Waals surface area contributed by atoms with Gasteiger partial charge in [0.25, 0.3) is 0 Å². The Bertz CT molecular complexity index is 533. The zero-order chi connectivity index (χ0) is 15.5. The fraction of sp³-hybridized carbons (Fsp3) is 0.500. The van der Waals surface area contributed by atoms with Crippen molar-refractivity contribution in [3.05, 3.63) is 35.1 Å². The first kappa shape index (κ1) is 15.7. The van der Waals surface area contributed by atoms with Crippen molar-refractivity contribution in [3.63, 3.8) is 0 Å². The number of nitrogens with zero attached hydrogens (tertiary/aromatic N) is 1. The van der Waals surface area contributed by atoms with E-state index in [4.69, 9.17) is 10.00 Å². The van der Waals surface area contributed by atoms with Crippen LogP contribution in [0.25, 0.3) is 0 Å². The Labute approximate surface area is 119 Å². The lowest BCUT2D eigenvalue weighted by Crippen LogP contribution is -2.29. The van der Waals surface area contributed by atoms with Crippen LogP contribution in [0.4, 0.5) is 17.6 Å². The van der Waals surface area contributed by atoms with Crippen LogP contribution in [0.1, 0.15) is 30.0 Å². The van der Waals surface area contributed by atoms with Crippen molar-refractivity contribution in [1.82, 2.24) is 5.32 Å². The third-order valence-electron chi connectivity index (χ3n) is 3.33. The zero-order valence-corrected chi connectivity index (χ0v) is 11.1. The van der Waals surface area contributed by atoms with Gasteiger partial charge in [0.15, 0.2) is 0 Å². The molecule has 21 heavy (non-hydrogen) atoms. The highest BCUT2D eigenvalue weighted by atomic mass is 19.4. The highest BCUT2D eigenvalue weighted by Gasteiger charge is 2.34. The summed E-state index contributed by atoms with van der Waals surface area (Å²) in [6.07, 6.45) is -3.04. The SMILES string of the molecule is N#CC(NCC1CCCO1)c1ccc(F)c(C(F)(F)F)c1. The van der Waals surface area contributed by atoms with Crippen LogP contribution < -0.4 is 5.32 Å². The van der Waals surface area contributed by atoms with Gasteiger partial charge in [0.05, 0.1) is 17.7 Å². The van der Waals surface area contributed by atoms with Crippen molar-refractivity contribution in [2.24, 2.45) is 0 Å². The van der Waals surface area contributed by atoms with Gasteiger partial charge in [-0.1, -0.05) is 6.07 Å². The Balaban J connectivity index is 2.12. The minimum Gasteiger partial charge on any atom is -0.377 e. The van der Waals surface area contributed by atoms with E-state index in [1.807, 2.05) is 6.07 Å². The average molecular weight is 302 g/mol. The number of hydrogen-bond acceptors (Lipinski definition) is 3. The van der Waals surface area contributed by atoms with Crippen LogP contribution in [0.15, 0.2) is 18.2 Å². The summed E-state index contributed by atoms with van der Waals surface area (Å²) in [5.41, 5.74) is -1.27. The van der Waals surface area contributed by atoms with Crippen molar-refractivity contribution in [3.8, 4) is 6.07 Å². The largest absolute Gasteiger partial charge is 0.419 e. The molecule has 114 valence electrons. The molecule has 2 rings (SSSR count). The molecule has 2 atom stereocenters. The minimum atomic E-state index is -4.78. The minimum absolute atomic E-state index is 0.0385. The van der Waals surface area contributed by atoms with Gasteiger partial charge in [-0.2, -0.15) is 18.4 Å². The maximum atomic E-state index is 13.2. The Morgan fingerprint density at radius 2 is 2.19 bits per heavy atom. The second kappa shape index (κ2) is 6.41. The van der Waals surface area contributed by atoms with E-state index in [2.05, 4.69) is 5.32 Å². The lowest BCUT2D eigenvalue weighted by molar-refractivity contribution is -0.140. The Morgan fingerprint density at radius 3 is 2.76 bits per heavy atom. The number of halogens is 4. The molecule has 0 bridgehead atoms. The maximum absolute atomic E-state index is 13.2. The van der Waals surface area contributed by atoms with Gasteiger partial charge < -0.3 is 4.74 Å². The van der Waals surface area contributed by atoms with Gasteiger partial charge in [0.1, 0.15) is 11.9 Å². The second-order valence-corrected chi connectivity index (χ2v) is 4.84. The van der Waals surface area contributed by atoms with Gasteiger partial charge in [0.2, 0.25) is 0 Å². The third kappa shape index (κ3) is 3.93. The quantitative estimate of drug-likeness (QED) is 0.869. The summed E-state index contributed by atoms with van der Waals surface area (Å²) in [4.78, 5) is 0. The number of nitrogens with one attached hydrogen (secondary N) is 1. The van der Waals surface area contributed by atoms with E-state index in [0.29, 0.717) is 19.2 Å². The highest BCUT2D eigenvalue weighted by Crippen LogP contribution is 2.33. The Morgan fingerprint density at radius 1 is 1.43 bits per heavy atom. The van der Waals surface area contributed by atoms with Crippen LogP contribution in [0.3, 0.4) is 0 Å². The second-order valence-electron chi connectivity index (χ2n) is 4.84. The van der Waals surface area contributed by atoms with Crippen LogP contribution >= 0.6 is 0 Å². The van der Waals surface area contributed by atoms with E-state index in [0.717, 1.165) is 18.9 Å². The van der Waals surface area contributed by atoms with Gasteiger partial charge in [-0.05, 0) is 30.5 Å². The summed E-state index contributed by atoms with van der Waals surface area (Å²) in [6.45, 7) is 1.02. The standard InChI is InChI=1S/C14H14F4N2O/c15-12-4-3-9(6-11(12)14(16,17)18)13(7-19)20-8-10-2-1-5-21-10/h3-4,6,10,13,20H,1-2,5,8H2. The third-order valence-corrected chi connectivity index (χ3v) is 3.33. The summed E-state index contributed by atoms with van der Waals surface area (Å²) in [7, 11) is 0. The Hall–Kier alpha value is -1.65. The first-order valence-electron chi connectivity index (χ1n) is 6.53. The predicted molar refractivity (Wildman–Crippen MR) is 66.7 cm³/mol. The molecule has 1 aliphatic heterocycles. The highest BCUT2D eigenvalue weighted by molar-refractivity contribution is 5.32. The summed E-state index contributed by atoms with van der Waals surface area (Å²) in [5.74, 6) is -1.35. The van der Waals surface area contributed by atoms with Crippen molar-refractivity contribution < 1.29 is 22.3 Å². The molecule has 2 unspecified atom stereocenters. The zero-order valence-electron chi connectivity index (χ0n) is 11.1. The number of hydrogen-bond donors (Lipinski definition) is 1. The molecule has 1 aliphatic rings. The van der Waals surface area contributed by atoms with Crippen molar-refractivity contribution in [2.75, 3.05) is 13.2 Å². The molecule has 3 nitrogen and oxygen atoms in total. The summed E-state index contributed by atoms with van der Waals surface area (Å²) >= 11 is 0. The topological polar surface area (TPSA) is 45.0 Å². The van der Waals surface area contributed by atoms with Gasteiger partial charge in [-0.25, -0.2) is 4.39 Å². The lowest BCUT2D eigenvalue weighted by atomic mass is 10.0. The smallest absolute Gasteiger partial charge is 0.377 e. The molecule has 7 heteroatoms. The molecule has 1 N–H and O–H groups in total. The van der Waals surface area contributed by atoms with E-state index in [1.165, 1.54) is 6.07 Å². The molecular weight excluding hydrogens is 288 g/mol. The van der Waals surface area contributed by atoms with Crippen LogP contribution in [0.2, 0.25) is 0 Å². The normalized spacial score (nSPS) is 20.2. The number of alkyl halides is 3. The number of rotatable bonds is 4. The van der Waals surface area contributed by atoms with E-state index in [1.54, 1.807) is 0 Å². The molecule has 0 aliphatic carbocycles.